The van der Waals surface area contributed by atoms with Crippen LogP contribution in [0.25, 0.3) is 0 Å². The number of hydrogen-bond donors (Lipinski definition) is 1. The molecule has 7 heteroatoms. The maximum atomic E-state index is 12.4. The number of carbonyl (C=O) groups is 1. The molecular formula is C15H19N5O2. The van der Waals surface area contributed by atoms with Gasteiger partial charge in [0, 0.05) is 31.0 Å². The van der Waals surface area contributed by atoms with E-state index in [1.165, 1.54) is 0 Å². The average Bonchev–Trinajstić information content (AvgIpc) is 2.94. The Morgan fingerprint density at radius 1 is 1.45 bits per heavy atom. The lowest BCUT2D eigenvalue weighted by molar-refractivity contribution is -0.0135. The summed E-state index contributed by atoms with van der Waals surface area (Å²) in [4.78, 5) is 18.4. The molecule has 7 nitrogen and oxygen atoms in total. The second kappa shape index (κ2) is 6.15. The molecule has 3 rings (SSSR count). The van der Waals surface area contributed by atoms with Crippen molar-refractivity contribution in [2.24, 2.45) is 7.05 Å². The Labute approximate surface area is 128 Å². The Kier molecular flexibility index (Phi) is 4.06. The molecule has 2 aromatic rings. The van der Waals surface area contributed by atoms with Crippen LogP contribution in [0.1, 0.15) is 17.4 Å². The molecule has 1 aliphatic rings. The highest BCUT2D eigenvalue weighted by molar-refractivity contribution is 5.88. The molecule has 0 unspecified atom stereocenters. The maximum absolute atomic E-state index is 12.4. The second-order valence-corrected chi connectivity index (χ2v) is 5.35. The van der Waals surface area contributed by atoms with E-state index in [2.05, 4.69) is 15.4 Å². The molecule has 0 saturated carbocycles. The second-order valence-electron chi connectivity index (χ2n) is 5.35. The normalized spacial score (nSPS) is 18.3. The van der Waals surface area contributed by atoms with Crippen LogP contribution in [0, 0.1) is 6.92 Å². The van der Waals surface area contributed by atoms with Gasteiger partial charge in [0.15, 0.2) is 0 Å². The SMILES string of the molecule is Cc1cccc(NC(=O)N2CCO[C@H](c3cnn(C)c3)C2)n1. The van der Waals surface area contributed by atoms with E-state index in [1.54, 1.807) is 21.8 Å². The number of anilines is 1. The van der Waals surface area contributed by atoms with Crippen LogP contribution in [0.4, 0.5) is 10.6 Å². The average molecular weight is 301 g/mol. The molecule has 2 aromatic heterocycles. The third-order valence-electron chi connectivity index (χ3n) is 3.57. The van der Waals surface area contributed by atoms with Gasteiger partial charge >= 0.3 is 6.03 Å². The van der Waals surface area contributed by atoms with Gasteiger partial charge in [0.25, 0.3) is 0 Å². The van der Waals surface area contributed by atoms with E-state index in [-0.39, 0.29) is 12.1 Å². The number of rotatable bonds is 2. The first-order chi connectivity index (χ1) is 10.6. The number of ether oxygens (including phenoxy) is 1. The standard InChI is InChI=1S/C15H19N5O2/c1-11-4-3-5-14(17-11)18-15(21)20-6-7-22-13(10-20)12-8-16-19(2)9-12/h3-5,8-9,13H,6-7,10H2,1-2H3,(H,17,18,21)/t13-/m0/s1. The van der Waals surface area contributed by atoms with Gasteiger partial charge in [0.2, 0.25) is 0 Å². The first kappa shape index (κ1) is 14.5. The highest BCUT2D eigenvalue weighted by Crippen LogP contribution is 2.22. The lowest BCUT2D eigenvalue weighted by Crippen LogP contribution is -2.44. The summed E-state index contributed by atoms with van der Waals surface area (Å²) in [6.07, 6.45) is 3.54. The van der Waals surface area contributed by atoms with E-state index < -0.39 is 0 Å². The molecule has 3 heterocycles. The van der Waals surface area contributed by atoms with Gasteiger partial charge in [-0.05, 0) is 19.1 Å². The maximum Gasteiger partial charge on any atom is 0.323 e. The number of carbonyl (C=O) groups excluding carboxylic acids is 1. The summed E-state index contributed by atoms with van der Waals surface area (Å²) in [6, 6.07) is 5.39. The third kappa shape index (κ3) is 3.25. The minimum absolute atomic E-state index is 0.140. The van der Waals surface area contributed by atoms with Crippen LogP contribution >= 0.6 is 0 Å². The Morgan fingerprint density at radius 3 is 3.05 bits per heavy atom. The van der Waals surface area contributed by atoms with Crippen molar-refractivity contribution < 1.29 is 9.53 Å². The van der Waals surface area contributed by atoms with E-state index in [0.717, 1.165) is 11.3 Å². The highest BCUT2D eigenvalue weighted by atomic mass is 16.5. The fourth-order valence-corrected chi connectivity index (χ4v) is 2.44. The number of pyridine rings is 1. The molecular weight excluding hydrogens is 282 g/mol. The van der Waals surface area contributed by atoms with Crippen LogP contribution in [0.15, 0.2) is 30.6 Å². The van der Waals surface area contributed by atoms with Crippen LogP contribution in [0.3, 0.4) is 0 Å². The number of amides is 2. The van der Waals surface area contributed by atoms with Crippen molar-refractivity contribution in [1.29, 1.82) is 0 Å². The zero-order valence-corrected chi connectivity index (χ0v) is 12.7. The van der Waals surface area contributed by atoms with Crippen molar-refractivity contribution in [2.75, 3.05) is 25.0 Å². The van der Waals surface area contributed by atoms with E-state index >= 15 is 0 Å². The Balaban J connectivity index is 1.65. The number of nitrogens with one attached hydrogen (secondary N) is 1. The van der Waals surface area contributed by atoms with Gasteiger partial charge in [-0.1, -0.05) is 6.07 Å². The molecule has 2 amide bonds. The molecule has 0 radical (unpaired) electrons. The number of aryl methyl sites for hydroxylation is 2. The van der Waals surface area contributed by atoms with Gasteiger partial charge in [0.1, 0.15) is 11.9 Å². The van der Waals surface area contributed by atoms with Crippen molar-refractivity contribution in [1.82, 2.24) is 19.7 Å². The molecule has 1 fully saturated rings. The van der Waals surface area contributed by atoms with Crippen molar-refractivity contribution in [2.45, 2.75) is 13.0 Å². The number of hydrogen-bond acceptors (Lipinski definition) is 4. The van der Waals surface area contributed by atoms with Crippen molar-refractivity contribution >= 4 is 11.8 Å². The molecule has 0 spiro atoms. The summed E-state index contributed by atoms with van der Waals surface area (Å²) in [7, 11) is 1.86. The largest absolute Gasteiger partial charge is 0.370 e. The molecule has 116 valence electrons. The number of aromatic nitrogens is 3. The van der Waals surface area contributed by atoms with Gasteiger partial charge < -0.3 is 9.64 Å². The quantitative estimate of drug-likeness (QED) is 0.917. The van der Waals surface area contributed by atoms with Crippen molar-refractivity contribution in [3.05, 3.63) is 41.9 Å². The Hall–Kier alpha value is -2.41. The monoisotopic (exact) mass is 301 g/mol. The first-order valence-electron chi connectivity index (χ1n) is 7.21. The fraction of sp³-hybridized carbons (Fsp3) is 0.400. The predicted molar refractivity (Wildman–Crippen MR) is 81.5 cm³/mol. The number of urea groups is 1. The molecule has 0 aliphatic carbocycles. The molecule has 0 bridgehead atoms. The summed E-state index contributed by atoms with van der Waals surface area (Å²) >= 11 is 0. The van der Waals surface area contributed by atoms with Gasteiger partial charge in [-0.2, -0.15) is 5.10 Å². The summed E-state index contributed by atoms with van der Waals surface area (Å²) in [6.45, 7) is 3.47. The molecule has 1 N–H and O–H groups in total. The lowest BCUT2D eigenvalue weighted by Gasteiger charge is -2.32. The van der Waals surface area contributed by atoms with E-state index in [1.807, 2.05) is 32.3 Å². The molecule has 0 aromatic carbocycles. The number of morpholine rings is 1. The van der Waals surface area contributed by atoms with Crippen LogP contribution in [-0.2, 0) is 11.8 Å². The smallest absolute Gasteiger partial charge is 0.323 e. The third-order valence-corrected chi connectivity index (χ3v) is 3.57. The zero-order valence-electron chi connectivity index (χ0n) is 12.7. The lowest BCUT2D eigenvalue weighted by atomic mass is 10.1. The predicted octanol–water partition coefficient (Wildman–Crippen LogP) is 1.73. The molecule has 1 atom stereocenters. The van der Waals surface area contributed by atoms with Crippen LogP contribution in [0.5, 0.6) is 0 Å². The summed E-state index contributed by atoms with van der Waals surface area (Å²) in [5, 5.41) is 6.98. The summed E-state index contributed by atoms with van der Waals surface area (Å²) < 4.78 is 7.47. The fourth-order valence-electron chi connectivity index (χ4n) is 2.44. The molecule has 1 saturated heterocycles. The molecule has 1 aliphatic heterocycles. The summed E-state index contributed by atoms with van der Waals surface area (Å²) in [5.74, 6) is 0.564. The van der Waals surface area contributed by atoms with Crippen LogP contribution in [0.2, 0.25) is 0 Å². The van der Waals surface area contributed by atoms with Crippen molar-refractivity contribution in [3.63, 3.8) is 0 Å². The highest BCUT2D eigenvalue weighted by Gasteiger charge is 2.26. The minimum Gasteiger partial charge on any atom is -0.370 e. The van der Waals surface area contributed by atoms with Gasteiger partial charge in [-0.25, -0.2) is 9.78 Å². The Bertz CT molecular complexity index is 669. The zero-order chi connectivity index (χ0) is 15.5. The van der Waals surface area contributed by atoms with Crippen LogP contribution < -0.4 is 5.32 Å². The van der Waals surface area contributed by atoms with E-state index in [9.17, 15) is 4.79 Å². The summed E-state index contributed by atoms with van der Waals surface area (Å²) in [5.41, 5.74) is 1.85. The number of nitrogens with zero attached hydrogens (tertiary/aromatic N) is 4. The van der Waals surface area contributed by atoms with Gasteiger partial charge in [-0.3, -0.25) is 10.00 Å². The Morgan fingerprint density at radius 2 is 2.32 bits per heavy atom. The van der Waals surface area contributed by atoms with Gasteiger partial charge in [-0.15, -0.1) is 0 Å². The topological polar surface area (TPSA) is 72.3 Å². The van der Waals surface area contributed by atoms with Gasteiger partial charge in [0.05, 0.1) is 19.3 Å². The molecule has 22 heavy (non-hydrogen) atoms. The van der Waals surface area contributed by atoms with E-state index in [0.29, 0.717) is 25.5 Å². The van der Waals surface area contributed by atoms with Crippen molar-refractivity contribution in [3.8, 4) is 0 Å². The van der Waals surface area contributed by atoms with E-state index in [4.69, 9.17) is 4.74 Å². The minimum atomic E-state index is -0.157. The first-order valence-corrected chi connectivity index (χ1v) is 7.21. The van der Waals surface area contributed by atoms with Crippen LogP contribution in [-0.4, -0.2) is 45.4 Å².